The van der Waals surface area contributed by atoms with Crippen molar-refractivity contribution in [3.8, 4) is 0 Å². The Morgan fingerprint density at radius 2 is 2.00 bits per heavy atom. The summed E-state index contributed by atoms with van der Waals surface area (Å²) >= 11 is 0. The summed E-state index contributed by atoms with van der Waals surface area (Å²) < 4.78 is 0. The van der Waals surface area contributed by atoms with Gasteiger partial charge in [-0.1, -0.05) is 24.3 Å². The van der Waals surface area contributed by atoms with Crippen molar-refractivity contribution in [2.75, 3.05) is 0 Å². The average molecular weight is 197 g/mol. The van der Waals surface area contributed by atoms with Gasteiger partial charge in [-0.25, -0.2) is 0 Å². The molecule has 0 spiro atoms. The normalized spacial score (nSPS) is 19.9. The molecule has 0 saturated heterocycles. The SMILES string of the molecule is c1c[nH]c(C2CCCc3ccccc32)c1. The largest absolute Gasteiger partial charge is 0.364 e. The van der Waals surface area contributed by atoms with Crippen molar-refractivity contribution in [2.24, 2.45) is 0 Å². The van der Waals surface area contributed by atoms with E-state index in [4.69, 9.17) is 0 Å². The third kappa shape index (κ3) is 1.48. The van der Waals surface area contributed by atoms with E-state index >= 15 is 0 Å². The third-order valence-electron chi connectivity index (χ3n) is 3.37. The number of rotatable bonds is 1. The van der Waals surface area contributed by atoms with Crippen molar-refractivity contribution >= 4 is 0 Å². The highest BCUT2D eigenvalue weighted by molar-refractivity contribution is 5.37. The van der Waals surface area contributed by atoms with Crippen LogP contribution < -0.4 is 0 Å². The Morgan fingerprint density at radius 3 is 2.87 bits per heavy atom. The number of hydrogen-bond acceptors (Lipinski definition) is 0. The minimum Gasteiger partial charge on any atom is -0.364 e. The van der Waals surface area contributed by atoms with Gasteiger partial charge in [-0.2, -0.15) is 0 Å². The van der Waals surface area contributed by atoms with Gasteiger partial charge >= 0.3 is 0 Å². The van der Waals surface area contributed by atoms with Gasteiger partial charge in [-0.05, 0) is 42.5 Å². The molecule has 15 heavy (non-hydrogen) atoms. The van der Waals surface area contributed by atoms with Gasteiger partial charge in [0.25, 0.3) is 0 Å². The van der Waals surface area contributed by atoms with Gasteiger partial charge in [0, 0.05) is 17.8 Å². The summed E-state index contributed by atoms with van der Waals surface area (Å²) in [5, 5.41) is 0. The first-order valence-corrected chi connectivity index (χ1v) is 5.66. The summed E-state index contributed by atoms with van der Waals surface area (Å²) in [5.74, 6) is 0.588. The van der Waals surface area contributed by atoms with Crippen LogP contribution >= 0.6 is 0 Å². The van der Waals surface area contributed by atoms with Crippen LogP contribution in [0.1, 0.15) is 35.6 Å². The van der Waals surface area contributed by atoms with E-state index in [0.29, 0.717) is 5.92 Å². The van der Waals surface area contributed by atoms with E-state index in [0.717, 1.165) is 0 Å². The van der Waals surface area contributed by atoms with E-state index in [9.17, 15) is 0 Å². The third-order valence-corrected chi connectivity index (χ3v) is 3.37. The first-order chi connectivity index (χ1) is 7.45. The number of aromatic nitrogens is 1. The molecule has 1 aliphatic carbocycles. The maximum absolute atomic E-state index is 3.35. The average Bonchev–Trinajstić information content (AvgIpc) is 2.82. The fraction of sp³-hybridized carbons (Fsp3) is 0.286. The van der Waals surface area contributed by atoms with Crippen LogP contribution in [0.3, 0.4) is 0 Å². The molecule has 0 saturated carbocycles. The summed E-state index contributed by atoms with van der Waals surface area (Å²) in [5.41, 5.74) is 4.41. The molecule has 1 atom stereocenters. The Hall–Kier alpha value is -1.50. The van der Waals surface area contributed by atoms with E-state index in [1.165, 1.54) is 36.1 Å². The number of benzene rings is 1. The van der Waals surface area contributed by atoms with Crippen molar-refractivity contribution in [2.45, 2.75) is 25.2 Å². The molecule has 76 valence electrons. The van der Waals surface area contributed by atoms with Crippen LogP contribution in [0, 0.1) is 0 Å². The van der Waals surface area contributed by atoms with Crippen molar-refractivity contribution < 1.29 is 0 Å². The predicted octanol–water partition coefficient (Wildman–Crippen LogP) is 3.48. The van der Waals surface area contributed by atoms with E-state index < -0.39 is 0 Å². The molecule has 1 aliphatic rings. The van der Waals surface area contributed by atoms with Crippen LogP contribution in [0.15, 0.2) is 42.6 Å². The van der Waals surface area contributed by atoms with Crippen molar-refractivity contribution in [3.63, 3.8) is 0 Å². The lowest BCUT2D eigenvalue weighted by Crippen LogP contribution is -2.10. The number of hydrogen-bond donors (Lipinski definition) is 1. The van der Waals surface area contributed by atoms with Gasteiger partial charge in [-0.3, -0.25) is 0 Å². The van der Waals surface area contributed by atoms with Crippen LogP contribution in [-0.2, 0) is 6.42 Å². The molecule has 1 aromatic carbocycles. The van der Waals surface area contributed by atoms with Crippen molar-refractivity contribution in [1.82, 2.24) is 4.98 Å². The quantitative estimate of drug-likeness (QED) is 0.720. The summed E-state index contributed by atoms with van der Waals surface area (Å²) in [6.07, 6.45) is 5.85. The lowest BCUT2D eigenvalue weighted by molar-refractivity contribution is 0.607. The number of H-pyrrole nitrogens is 1. The van der Waals surface area contributed by atoms with Crippen molar-refractivity contribution in [1.29, 1.82) is 0 Å². The molecule has 1 heteroatoms. The van der Waals surface area contributed by atoms with Gasteiger partial charge in [0.05, 0.1) is 0 Å². The van der Waals surface area contributed by atoms with Gasteiger partial charge in [0.1, 0.15) is 0 Å². The molecular weight excluding hydrogens is 182 g/mol. The summed E-state index contributed by atoms with van der Waals surface area (Å²) in [6, 6.07) is 13.1. The molecule has 0 fully saturated rings. The molecule has 2 aromatic rings. The smallest absolute Gasteiger partial charge is 0.0243 e. The maximum atomic E-state index is 3.35. The fourth-order valence-electron chi connectivity index (χ4n) is 2.64. The van der Waals surface area contributed by atoms with Crippen LogP contribution in [0.4, 0.5) is 0 Å². The Morgan fingerprint density at radius 1 is 1.07 bits per heavy atom. The molecule has 3 rings (SSSR count). The number of aryl methyl sites for hydroxylation is 1. The molecule has 0 amide bonds. The highest BCUT2D eigenvalue weighted by atomic mass is 14.7. The van der Waals surface area contributed by atoms with Crippen LogP contribution in [0.2, 0.25) is 0 Å². The topological polar surface area (TPSA) is 15.8 Å². The second-order valence-corrected chi connectivity index (χ2v) is 4.27. The van der Waals surface area contributed by atoms with E-state index in [1.807, 2.05) is 6.20 Å². The molecule has 1 N–H and O–H groups in total. The predicted molar refractivity (Wildman–Crippen MR) is 62.0 cm³/mol. The monoisotopic (exact) mass is 197 g/mol. The summed E-state index contributed by atoms with van der Waals surface area (Å²) in [6.45, 7) is 0. The van der Waals surface area contributed by atoms with Crippen molar-refractivity contribution in [3.05, 3.63) is 59.4 Å². The van der Waals surface area contributed by atoms with Crippen LogP contribution in [0.25, 0.3) is 0 Å². The molecule has 1 aromatic heterocycles. The Balaban J connectivity index is 2.06. The zero-order valence-electron chi connectivity index (χ0n) is 8.74. The minimum atomic E-state index is 0.588. The zero-order valence-corrected chi connectivity index (χ0v) is 8.74. The second-order valence-electron chi connectivity index (χ2n) is 4.27. The fourth-order valence-corrected chi connectivity index (χ4v) is 2.64. The van der Waals surface area contributed by atoms with E-state index in [1.54, 1.807) is 0 Å². The number of fused-ring (bicyclic) bond motifs is 1. The first-order valence-electron chi connectivity index (χ1n) is 5.66. The first kappa shape index (κ1) is 8.78. The summed E-state index contributed by atoms with van der Waals surface area (Å²) in [7, 11) is 0. The standard InChI is InChI=1S/C14H15N/c1-2-7-12-11(5-1)6-3-8-13(12)14-9-4-10-15-14/h1-2,4-5,7,9-10,13,15H,3,6,8H2. The molecule has 0 radical (unpaired) electrons. The highest BCUT2D eigenvalue weighted by Gasteiger charge is 2.21. The lowest BCUT2D eigenvalue weighted by atomic mass is 9.81. The number of aromatic amines is 1. The van der Waals surface area contributed by atoms with Gasteiger partial charge in [0.2, 0.25) is 0 Å². The van der Waals surface area contributed by atoms with Gasteiger partial charge < -0.3 is 4.98 Å². The Labute approximate surface area is 90.2 Å². The minimum absolute atomic E-state index is 0.588. The molecule has 1 nitrogen and oxygen atoms in total. The van der Waals surface area contributed by atoms with E-state index in [2.05, 4.69) is 41.4 Å². The Bertz CT molecular complexity index is 442. The summed E-state index contributed by atoms with van der Waals surface area (Å²) in [4.78, 5) is 3.35. The zero-order chi connectivity index (χ0) is 10.1. The second kappa shape index (κ2) is 3.58. The van der Waals surface area contributed by atoms with Gasteiger partial charge in [-0.15, -0.1) is 0 Å². The molecule has 0 bridgehead atoms. The lowest BCUT2D eigenvalue weighted by Gasteiger charge is -2.24. The highest BCUT2D eigenvalue weighted by Crippen LogP contribution is 2.35. The number of nitrogens with one attached hydrogen (secondary N) is 1. The van der Waals surface area contributed by atoms with Gasteiger partial charge in [0.15, 0.2) is 0 Å². The van der Waals surface area contributed by atoms with Crippen LogP contribution in [0.5, 0.6) is 0 Å². The maximum Gasteiger partial charge on any atom is 0.0243 e. The molecule has 1 heterocycles. The van der Waals surface area contributed by atoms with E-state index in [-0.39, 0.29) is 0 Å². The Kier molecular flexibility index (Phi) is 2.09. The molecular formula is C14H15N. The van der Waals surface area contributed by atoms with Crippen LogP contribution in [-0.4, -0.2) is 4.98 Å². The molecule has 0 aliphatic heterocycles. The molecule has 1 unspecified atom stereocenters.